The molecule has 0 saturated carbocycles. The molecule has 128 valence electrons. The molecule has 1 aromatic carbocycles. The molecular formula is C17H17ClN6O. The van der Waals surface area contributed by atoms with Gasteiger partial charge < -0.3 is 10.6 Å². The Balaban J connectivity index is 1.39. The Hall–Kier alpha value is -2.93. The number of nitrogens with zero attached hydrogens (tertiary/aromatic N) is 4. The lowest BCUT2D eigenvalue weighted by molar-refractivity contribution is -0.120. The van der Waals surface area contributed by atoms with E-state index in [4.69, 9.17) is 11.6 Å². The van der Waals surface area contributed by atoms with Gasteiger partial charge in [0.25, 0.3) is 0 Å². The summed E-state index contributed by atoms with van der Waals surface area (Å²) in [6, 6.07) is 12.7. The van der Waals surface area contributed by atoms with Crippen molar-refractivity contribution in [2.75, 3.05) is 18.4 Å². The zero-order valence-corrected chi connectivity index (χ0v) is 14.1. The van der Waals surface area contributed by atoms with E-state index in [-0.39, 0.29) is 5.91 Å². The monoisotopic (exact) mass is 356 g/mol. The van der Waals surface area contributed by atoms with E-state index in [0.717, 1.165) is 5.56 Å². The van der Waals surface area contributed by atoms with Gasteiger partial charge in [-0.25, -0.2) is 4.68 Å². The summed E-state index contributed by atoms with van der Waals surface area (Å²) in [5.74, 6) is 1.25. The molecule has 0 bridgehead atoms. The number of carbonyl (C=O) groups is 1. The summed E-state index contributed by atoms with van der Waals surface area (Å²) >= 11 is 5.82. The first-order valence-electron chi connectivity index (χ1n) is 7.79. The molecule has 0 spiro atoms. The van der Waals surface area contributed by atoms with Crippen LogP contribution in [0.1, 0.15) is 5.56 Å². The van der Waals surface area contributed by atoms with E-state index in [1.165, 1.54) is 0 Å². The summed E-state index contributed by atoms with van der Waals surface area (Å²) in [6.45, 7) is 1.05. The number of amides is 1. The Morgan fingerprint density at radius 2 is 1.92 bits per heavy atom. The van der Waals surface area contributed by atoms with Gasteiger partial charge in [-0.15, -0.1) is 10.2 Å². The fourth-order valence-corrected chi connectivity index (χ4v) is 2.31. The highest BCUT2D eigenvalue weighted by molar-refractivity contribution is 6.30. The molecule has 3 rings (SSSR count). The lowest BCUT2D eigenvalue weighted by Crippen LogP contribution is -2.30. The number of rotatable bonds is 7. The molecule has 0 aliphatic rings. The summed E-state index contributed by atoms with van der Waals surface area (Å²) in [5, 5.41) is 18.9. The van der Waals surface area contributed by atoms with Crippen LogP contribution in [-0.2, 0) is 11.2 Å². The Morgan fingerprint density at radius 3 is 2.60 bits per heavy atom. The molecule has 0 radical (unpaired) electrons. The van der Waals surface area contributed by atoms with Gasteiger partial charge in [-0.3, -0.25) is 4.79 Å². The van der Waals surface area contributed by atoms with Gasteiger partial charge in [0.2, 0.25) is 5.91 Å². The molecular weight excluding hydrogens is 340 g/mol. The van der Waals surface area contributed by atoms with Crippen molar-refractivity contribution < 1.29 is 4.79 Å². The SMILES string of the molecule is O=C(Cc1ccc(Cl)cc1)NCCNc1ccc(-n2cccn2)nn1. The summed E-state index contributed by atoms with van der Waals surface area (Å²) in [6.07, 6.45) is 3.81. The predicted octanol–water partition coefficient (Wildman–Crippen LogP) is 2.09. The van der Waals surface area contributed by atoms with Gasteiger partial charge in [-0.05, 0) is 35.9 Å². The predicted molar refractivity (Wildman–Crippen MR) is 95.8 cm³/mol. The maximum Gasteiger partial charge on any atom is 0.224 e. The van der Waals surface area contributed by atoms with Crippen molar-refractivity contribution in [3.63, 3.8) is 0 Å². The molecule has 0 atom stereocenters. The summed E-state index contributed by atoms with van der Waals surface area (Å²) in [4.78, 5) is 11.9. The van der Waals surface area contributed by atoms with E-state index in [1.807, 2.05) is 30.3 Å². The summed E-state index contributed by atoms with van der Waals surface area (Å²) in [7, 11) is 0. The molecule has 7 nitrogen and oxygen atoms in total. The minimum atomic E-state index is -0.0377. The second-order valence-electron chi connectivity index (χ2n) is 5.31. The van der Waals surface area contributed by atoms with Gasteiger partial charge in [0, 0.05) is 30.5 Å². The minimum absolute atomic E-state index is 0.0377. The Labute approximate surface area is 150 Å². The van der Waals surface area contributed by atoms with Gasteiger partial charge in [-0.2, -0.15) is 5.10 Å². The molecule has 8 heteroatoms. The Bertz CT molecular complexity index is 802. The van der Waals surface area contributed by atoms with Crippen LogP contribution in [0.4, 0.5) is 5.82 Å². The molecule has 0 saturated heterocycles. The first kappa shape index (κ1) is 16.9. The van der Waals surface area contributed by atoms with Gasteiger partial charge in [0.1, 0.15) is 5.82 Å². The highest BCUT2D eigenvalue weighted by atomic mass is 35.5. The first-order valence-corrected chi connectivity index (χ1v) is 8.17. The van der Waals surface area contributed by atoms with E-state index >= 15 is 0 Å². The van der Waals surface area contributed by atoms with Crippen LogP contribution >= 0.6 is 11.6 Å². The van der Waals surface area contributed by atoms with Crippen LogP contribution in [-0.4, -0.2) is 39.0 Å². The average molecular weight is 357 g/mol. The molecule has 3 aromatic rings. The third-order valence-electron chi connectivity index (χ3n) is 3.42. The zero-order chi connectivity index (χ0) is 17.5. The highest BCUT2D eigenvalue weighted by Crippen LogP contribution is 2.09. The molecule has 0 fully saturated rings. The van der Waals surface area contributed by atoms with Gasteiger partial charge >= 0.3 is 0 Å². The van der Waals surface area contributed by atoms with Crippen molar-refractivity contribution >= 4 is 23.3 Å². The first-order chi connectivity index (χ1) is 12.2. The second kappa shape index (κ2) is 8.25. The Kier molecular flexibility index (Phi) is 5.58. The smallest absolute Gasteiger partial charge is 0.224 e. The van der Waals surface area contributed by atoms with Crippen LogP contribution < -0.4 is 10.6 Å². The maximum atomic E-state index is 11.9. The average Bonchev–Trinajstić information content (AvgIpc) is 3.16. The molecule has 2 aromatic heterocycles. The number of carbonyl (C=O) groups excluding carboxylic acids is 1. The fourth-order valence-electron chi connectivity index (χ4n) is 2.19. The lowest BCUT2D eigenvalue weighted by atomic mass is 10.1. The molecule has 0 unspecified atom stereocenters. The molecule has 0 aliphatic carbocycles. The van der Waals surface area contributed by atoms with Crippen molar-refractivity contribution in [1.82, 2.24) is 25.3 Å². The van der Waals surface area contributed by atoms with E-state index in [9.17, 15) is 4.79 Å². The van der Waals surface area contributed by atoms with Crippen LogP contribution in [0.5, 0.6) is 0 Å². The third kappa shape index (κ3) is 5.02. The van der Waals surface area contributed by atoms with Gasteiger partial charge in [0.05, 0.1) is 6.42 Å². The quantitative estimate of drug-likeness (QED) is 0.633. The van der Waals surface area contributed by atoms with Crippen molar-refractivity contribution in [1.29, 1.82) is 0 Å². The van der Waals surface area contributed by atoms with Crippen molar-refractivity contribution in [2.45, 2.75) is 6.42 Å². The number of nitrogens with one attached hydrogen (secondary N) is 2. The fraction of sp³-hybridized carbons (Fsp3) is 0.176. The van der Waals surface area contributed by atoms with E-state index in [2.05, 4.69) is 25.9 Å². The standard InChI is InChI=1S/C17H17ClN6O/c18-14-4-2-13(3-5-14)12-17(25)20-10-9-19-15-6-7-16(23-22-15)24-11-1-8-21-24/h1-8,11H,9-10,12H2,(H,19,22)(H,20,25). The summed E-state index contributed by atoms with van der Waals surface area (Å²) < 4.78 is 1.63. The van der Waals surface area contributed by atoms with Crippen LogP contribution in [0, 0.1) is 0 Å². The normalized spacial score (nSPS) is 10.4. The number of hydrogen-bond acceptors (Lipinski definition) is 5. The van der Waals surface area contributed by atoms with Crippen LogP contribution in [0.15, 0.2) is 54.9 Å². The number of anilines is 1. The van der Waals surface area contributed by atoms with Crippen LogP contribution in [0.2, 0.25) is 5.02 Å². The second-order valence-corrected chi connectivity index (χ2v) is 5.74. The lowest BCUT2D eigenvalue weighted by Gasteiger charge is -2.08. The molecule has 2 heterocycles. The largest absolute Gasteiger partial charge is 0.367 e. The zero-order valence-electron chi connectivity index (χ0n) is 13.4. The van der Waals surface area contributed by atoms with Crippen molar-refractivity contribution in [2.24, 2.45) is 0 Å². The highest BCUT2D eigenvalue weighted by Gasteiger charge is 2.03. The van der Waals surface area contributed by atoms with Crippen LogP contribution in [0.25, 0.3) is 5.82 Å². The van der Waals surface area contributed by atoms with E-state index in [0.29, 0.717) is 36.2 Å². The van der Waals surface area contributed by atoms with Crippen LogP contribution in [0.3, 0.4) is 0 Å². The number of halogens is 1. The van der Waals surface area contributed by atoms with E-state index < -0.39 is 0 Å². The molecule has 0 aliphatic heterocycles. The number of benzene rings is 1. The number of hydrogen-bond donors (Lipinski definition) is 2. The minimum Gasteiger partial charge on any atom is -0.367 e. The van der Waals surface area contributed by atoms with Crippen molar-refractivity contribution in [3.05, 3.63) is 65.4 Å². The number of aromatic nitrogens is 4. The van der Waals surface area contributed by atoms with Crippen molar-refractivity contribution in [3.8, 4) is 5.82 Å². The molecule has 25 heavy (non-hydrogen) atoms. The summed E-state index contributed by atoms with van der Waals surface area (Å²) in [5.41, 5.74) is 0.926. The molecule has 1 amide bonds. The third-order valence-corrected chi connectivity index (χ3v) is 3.67. The topological polar surface area (TPSA) is 84.7 Å². The maximum absolute atomic E-state index is 11.9. The Morgan fingerprint density at radius 1 is 1.08 bits per heavy atom. The molecule has 2 N–H and O–H groups in total. The van der Waals surface area contributed by atoms with Gasteiger partial charge in [0.15, 0.2) is 5.82 Å². The van der Waals surface area contributed by atoms with Gasteiger partial charge in [-0.1, -0.05) is 23.7 Å². The van der Waals surface area contributed by atoms with E-state index in [1.54, 1.807) is 29.2 Å².